The average Bonchev–Trinajstić information content (AvgIpc) is 2.68. The third-order valence-corrected chi connectivity index (χ3v) is 5.51. The molecule has 0 radical (unpaired) electrons. The highest BCUT2D eigenvalue weighted by Crippen LogP contribution is 2.23. The standard InChI is InChI=1S/C18H18ClN3O7S/c1-12(18(24)21-15-4-2-3-5-16(15)22(25)26)29-17(23)10-11-20-30(27,28)14-8-6-13(19)7-9-14/h2-9,12,20H,10-11H2,1H3,(H,21,24)/t12-/m0/s1. The zero-order chi connectivity index (χ0) is 22.3. The van der Waals surface area contributed by atoms with Crippen LogP contribution in [-0.4, -0.2) is 37.9 Å². The first kappa shape index (κ1) is 23.3. The zero-order valence-corrected chi connectivity index (χ0v) is 17.3. The molecule has 0 aliphatic heterocycles. The van der Waals surface area contributed by atoms with Crippen molar-refractivity contribution in [2.75, 3.05) is 11.9 Å². The number of halogens is 1. The molecule has 10 nitrogen and oxygen atoms in total. The number of amides is 1. The molecule has 0 aliphatic rings. The van der Waals surface area contributed by atoms with Gasteiger partial charge in [-0.1, -0.05) is 23.7 Å². The number of nitro benzene ring substituents is 1. The molecule has 0 saturated heterocycles. The predicted octanol–water partition coefficient (Wildman–Crippen LogP) is 2.49. The lowest BCUT2D eigenvalue weighted by Gasteiger charge is -2.14. The summed E-state index contributed by atoms with van der Waals surface area (Å²) < 4.78 is 31.4. The summed E-state index contributed by atoms with van der Waals surface area (Å²) >= 11 is 5.71. The van der Waals surface area contributed by atoms with E-state index in [9.17, 15) is 28.1 Å². The molecule has 0 aliphatic carbocycles. The van der Waals surface area contributed by atoms with Crippen LogP contribution in [0, 0.1) is 10.1 Å². The van der Waals surface area contributed by atoms with Gasteiger partial charge in [-0.25, -0.2) is 13.1 Å². The molecule has 0 aromatic heterocycles. The molecule has 0 saturated carbocycles. The number of esters is 1. The fraction of sp³-hybridized carbons (Fsp3) is 0.222. The van der Waals surface area contributed by atoms with Crippen molar-refractivity contribution in [2.45, 2.75) is 24.3 Å². The first-order chi connectivity index (χ1) is 14.1. The summed E-state index contributed by atoms with van der Waals surface area (Å²) in [6.45, 7) is 1.04. The Morgan fingerprint density at radius 3 is 2.43 bits per heavy atom. The summed E-state index contributed by atoms with van der Waals surface area (Å²) in [6, 6.07) is 11.0. The Hall–Kier alpha value is -3.02. The molecule has 0 fully saturated rings. The normalized spacial score (nSPS) is 12.1. The Kier molecular flexibility index (Phi) is 7.86. The van der Waals surface area contributed by atoms with Gasteiger partial charge < -0.3 is 10.1 Å². The lowest BCUT2D eigenvalue weighted by molar-refractivity contribution is -0.383. The van der Waals surface area contributed by atoms with Gasteiger partial charge in [-0.05, 0) is 37.3 Å². The van der Waals surface area contributed by atoms with Gasteiger partial charge in [0.25, 0.3) is 11.6 Å². The molecule has 160 valence electrons. The Labute approximate surface area is 177 Å². The number of nitrogens with zero attached hydrogens (tertiary/aromatic N) is 1. The second-order valence-electron chi connectivity index (χ2n) is 6.00. The van der Waals surface area contributed by atoms with Crippen LogP contribution in [0.4, 0.5) is 11.4 Å². The summed E-state index contributed by atoms with van der Waals surface area (Å²) in [7, 11) is -3.83. The number of rotatable bonds is 9. The predicted molar refractivity (Wildman–Crippen MR) is 109 cm³/mol. The summed E-state index contributed by atoms with van der Waals surface area (Å²) in [4.78, 5) is 34.3. The van der Waals surface area contributed by atoms with E-state index in [2.05, 4.69) is 10.0 Å². The summed E-state index contributed by atoms with van der Waals surface area (Å²) in [5.74, 6) is -1.58. The molecule has 2 aromatic rings. The maximum atomic E-state index is 12.1. The number of hydrogen-bond acceptors (Lipinski definition) is 7. The Morgan fingerprint density at radius 1 is 1.17 bits per heavy atom. The lowest BCUT2D eigenvalue weighted by Crippen LogP contribution is -2.32. The van der Waals surface area contributed by atoms with Gasteiger partial charge in [0.15, 0.2) is 6.10 Å². The van der Waals surface area contributed by atoms with Gasteiger partial charge in [-0.2, -0.15) is 0 Å². The Morgan fingerprint density at radius 2 is 1.80 bits per heavy atom. The number of nitro groups is 1. The van der Waals surface area contributed by atoms with E-state index in [-0.39, 0.29) is 29.2 Å². The summed E-state index contributed by atoms with van der Waals surface area (Å²) in [6.07, 6.45) is -1.57. The molecule has 0 heterocycles. The second kappa shape index (κ2) is 10.1. The van der Waals surface area contributed by atoms with Crippen molar-refractivity contribution >= 4 is 44.9 Å². The largest absolute Gasteiger partial charge is 0.452 e. The van der Waals surface area contributed by atoms with Crippen molar-refractivity contribution in [3.05, 3.63) is 63.7 Å². The Balaban J connectivity index is 1.85. The van der Waals surface area contributed by atoms with Crippen LogP contribution in [0.5, 0.6) is 0 Å². The maximum absolute atomic E-state index is 12.1. The van der Waals surface area contributed by atoms with E-state index < -0.39 is 32.9 Å². The van der Waals surface area contributed by atoms with E-state index in [1.165, 1.54) is 55.5 Å². The minimum atomic E-state index is -3.83. The zero-order valence-electron chi connectivity index (χ0n) is 15.7. The van der Waals surface area contributed by atoms with E-state index in [0.717, 1.165) is 0 Å². The van der Waals surface area contributed by atoms with Crippen molar-refractivity contribution < 1.29 is 27.7 Å². The molecular weight excluding hydrogens is 438 g/mol. The third-order valence-electron chi connectivity index (χ3n) is 3.78. The first-order valence-electron chi connectivity index (χ1n) is 8.59. The number of sulfonamides is 1. The van der Waals surface area contributed by atoms with Gasteiger partial charge >= 0.3 is 5.97 Å². The highest BCUT2D eigenvalue weighted by atomic mass is 35.5. The van der Waals surface area contributed by atoms with Crippen LogP contribution in [-0.2, 0) is 24.3 Å². The van der Waals surface area contributed by atoms with E-state index in [0.29, 0.717) is 5.02 Å². The molecular formula is C18H18ClN3O7S. The second-order valence-corrected chi connectivity index (χ2v) is 8.20. The molecule has 0 unspecified atom stereocenters. The minimum Gasteiger partial charge on any atom is -0.452 e. The summed E-state index contributed by atoms with van der Waals surface area (Å²) in [5.41, 5.74) is -0.341. The number of nitrogens with one attached hydrogen (secondary N) is 2. The highest BCUT2D eigenvalue weighted by Gasteiger charge is 2.22. The molecule has 12 heteroatoms. The van der Waals surface area contributed by atoms with Gasteiger partial charge in [-0.15, -0.1) is 0 Å². The van der Waals surface area contributed by atoms with Crippen LogP contribution >= 0.6 is 11.6 Å². The maximum Gasteiger partial charge on any atom is 0.307 e. The quantitative estimate of drug-likeness (QED) is 0.335. The van der Waals surface area contributed by atoms with E-state index in [4.69, 9.17) is 16.3 Å². The van der Waals surface area contributed by atoms with Crippen molar-refractivity contribution in [3.8, 4) is 0 Å². The van der Waals surface area contributed by atoms with Crippen molar-refractivity contribution in [1.29, 1.82) is 0 Å². The molecule has 0 spiro atoms. The Bertz CT molecular complexity index is 1040. The molecule has 30 heavy (non-hydrogen) atoms. The molecule has 0 bridgehead atoms. The van der Waals surface area contributed by atoms with Crippen molar-refractivity contribution in [1.82, 2.24) is 4.72 Å². The number of para-hydroxylation sites is 2. The van der Waals surface area contributed by atoms with Crippen LogP contribution in [0.25, 0.3) is 0 Å². The van der Waals surface area contributed by atoms with Crippen LogP contribution in [0.1, 0.15) is 13.3 Å². The number of ether oxygens (including phenoxy) is 1. The molecule has 1 amide bonds. The van der Waals surface area contributed by atoms with Crippen LogP contribution < -0.4 is 10.0 Å². The van der Waals surface area contributed by atoms with Gasteiger partial charge in [-0.3, -0.25) is 19.7 Å². The minimum absolute atomic E-state index is 0.0162. The van der Waals surface area contributed by atoms with Crippen LogP contribution in [0.3, 0.4) is 0 Å². The third kappa shape index (κ3) is 6.51. The van der Waals surface area contributed by atoms with Gasteiger partial charge in [0.05, 0.1) is 16.2 Å². The van der Waals surface area contributed by atoms with E-state index >= 15 is 0 Å². The molecule has 1 atom stereocenters. The average molecular weight is 456 g/mol. The van der Waals surface area contributed by atoms with Crippen LogP contribution in [0.2, 0.25) is 5.02 Å². The SMILES string of the molecule is C[C@H](OC(=O)CCNS(=O)(=O)c1ccc(Cl)cc1)C(=O)Nc1ccccc1[N+](=O)[O-]. The fourth-order valence-electron chi connectivity index (χ4n) is 2.27. The monoisotopic (exact) mass is 455 g/mol. The highest BCUT2D eigenvalue weighted by molar-refractivity contribution is 7.89. The van der Waals surface area contributed by atoms with E-state index in [1.807, 2.05) is 0 Å². The lowest BCUT2D eigenvalue weighted by atomic mass is 10.2. The van der Waals surface area contributed by atoms with Crippen molar-refractivity contribution in [2.24, 2.45) is 0 Å². The number of carbonyl (C=O) groups excluding carboxylic acids is 2. The topological polar surface area (TPSA) is 145 Å². The summed E-state index contributed by atoms with van der Waals surface area (Å²) in [5, 5.41) is 13.7. The fourth-order valence-corrected chi connectivity index (χ4v) is 3.42. The number of benzene rings is 2. The molecule has 2 rings (SSSR count). The first-order valence-corrected chi connectivity index (χ1v) is 10.5. The molecule has 2 N–H and O–H groups in total. The van der Waals surface area contributed by atoms with Gasteiger partial charge in [0.2, 0.25) is 10.0 Å². The smallest absolute Gasteiger partial charge is 0.307 e. The van der Waals surface area contributed by atoms with E-state index in [1.54, 1.807) is 0 Å². The van der Waals surface area contributed by atoms with Gasteiger partial charge in [0, 0.05) is 17.6 Å². The number of carbonyl (C=O) groups is 2. The number of anilines is 1. The molecule has 2 aromatic carbocycles. The van der Waals surface area contributed by atoms with Crippen LogP contribution in [0.15, 0.2) is 53.4 Å². The number of hydrogen-bond donors (Lipinski definition) is 2. The van der Waals surface area contributed by atoms with Crippen molar-refractivity contribution in [3.63, 3.8) is 0 Å². The van der Waals surface area contributed by atoms with Gasteiger partial charge in [0.1, 0.15) is 5.69 Å².